The lowest BCUT2D eigenvalue weighted by Crippen LogP contribution is -2.40. The van der Waals surface area contributed by atoms with Crippen LogP contribution in [0.25, 0.3) is 0 Å². The minimum absolute atomic E-state index is 0. The molecule has 5 heteroatoms. The molecule has 3 nitrogen and oxygen atoms in total. The van der Waals surface area contributed by atoms with E-state index in [1.807, 2.05) is 24.9 Å². The second-order valence-corrected chi connectivity index (χ2v) is 5.01. The van der Waals surface area contributed by atoms with Crippen molar-refractivity contribution < 1.29 is 0 Å². The van der Waals surface area contributed by atoms with Gasteiger partial charge in [-0.25, -0.2) is 0 Å². The van der Waals surface area contributed by atoms with Crippen molar-refractivity contribution in [3.05, 3.63) is 12.7 Å². The molecule has 1 N–H and O–H groups in total. The van der Waals surface area contributed by atoms with E-state index < -0.39 is 0 Å². The Morgan fingerprint density at radius 1 is 1.39 bits per heavy atom. The lowest BCUT2D eigenvalue weighted by atomic mass is 10.2. The van der Waals surface area contributed by atoms with E-state index in [1.165, 1.54) is 19.3 Å². The zero-order valence-electron chi connectivity index (χ0n) is 11.9. The highest BCUT2D eigenvalue weighted by Crippen LogP contribution is 2.01. The Hall–Kier alpha value is 0.0900. The van der Waals surface area contributed by atoms with Crippen molar-refractivity contribution in [2.24, 2.45) is 4.99 Å². The molecule has 0 amide bonds. The van der Waals surface area contributed by atoms with Crippen molar-refractivity contribution in [1.82, 2.24) is 10.2 Å². The number of hydrogen-bond donors (Lipinski definition) is 1. The van der Waals surface area contributed by atoms with Gasteiger partial charge in [-0.2, -0.15) is 11.8 Å². The van der Waals surface area contributed by atoms with Gasteiger partial charge < -0.3 is 10.2 Å². The molecular formula is C13H28IN3S. The van der Waals surface area contributed by atoms with E-state index in [4.69, 9.17) is 0 Å². The van der Waals surface area contributed by atoms with Gasteiger partial charge >= 0.3 is 0 Å². The zero-order valence-corrected chi connectivity index (χ0v) is 15.1. The topological polar surface area (TPSA) is 27.6 Å². The summed E-state index contributed by atoms with van der Waals surface area (Å²) in [5.41, 5.74) is 0. The third-order valence-electron chi connectivity index (χ3n) is 2.56. The molecule has 0 aliphatic carbocycles. The minimum Gasteiger partial charge on any atom is -0.355 e. The number of hydrogen-bond acceptors (Lipinski definition) is 2. The first-order chi connectivity index (χ1) is 8.26. The number of nitrogens with one attached hydrogen (secondary N) is 1. The SMILES string of the molecule is C=CCCCCCN(C)C(=NC)NCCSC.I. The van der Waals surface area contributed by atoms with Crippen LogP contribution in [-0.4, -0.2) is 50.1 Å². The van der Waals surface area contributed by atoms with Gasteiger partial charge in [0, 0.05) is 32.9 Å². The average molecular weight is 385 g/mol. The van der Waals surface area contributed by atoms with Crippen LogP contribution in [0.3, 0.4) is 0 Å². The standard InChI is InChI=1S/C13H27N3S.HI/c1-5-6-7-8-9-11-16(3)13(14-2)15-10-12-17-4;/h5H,1,6-12H2,2-4H3,(H,14,15);1H. The summed E-state index contributed by atoms with van der Waals surface area (Å²) in [6, 6.07) is 0. The van der Waals surface area contributed by atoms with Gasteiger partial charge in [-0.15, -0.1) is 30.6 Å². The molecule has 0 fully saturated rings. The Bertz CT molecular complexity index is 222. The van der Waals surface area contributed by atoms with Gasteiger partial charge in [0.2, 0.25) is 0 Å². The molecular weight excluding hydrogens is 357 g/mol. The van der Waals surface area contributed by atoms with E-state index in [0.29, 0.717) is 0 Å². The Labute approximate surface area is 134 Å². The Balaban J connectivity index is 0. The molecule has 0 atom stereocenters. The number of allylic oxidation sites excluding steroid dienone is 1. The number of thioether (sulfide) groups is 1. The molecule has 0 aliphatic heterocycles. The van der Waals surface area contributed by atoms with E-state index in [1.54, 1.807) is 0 Å². The third kappa shape index (κ3) is 11.2. The quantitative estimate of drug-likeness (QED) is 0.217. The largest absolute Gasteiger partial charge is 0.355 e. The summed E-state index contributed by atoms with van der Waals surface area (Å²) in [4.78, 5) is 6.48. The predicted molar refractivity (Wildman–Crippen MR) is 96.5 cm³/mol. The van der Waals surface area contributed by atoms with Crippen molar-refractivity contribution >= 4 is 41.7 Å². The van der Waals surface area contributed by atoms with Crippen molar-refractivity contribution in [3.8, 4) is 0 Å². The number of rotatable bonds is 9. The average Bonchev–Trinajstić information content (AvgIpc) is 2.34. The molecule has 0 aliphatic rings. The van der Waals surface area contributed by atoms with Crippen LogP contribution in [0.5, 0.6) is 0 Å². The van der Waals surface area contributed by atoms with Gasteiger partial charge in [0.05, 0.1) is 0 Å². The molecule has 0 radical (unpaired) electrons. The summed E-state index contributed by atoms with van der Waals surface area (Å²) in [5.74, 6) is 2.12. The van der Waals surface area contributed by atoms with Crippen LogP contribution in [0, 0.1) is 0 Å². The monoisotopic (exact) mass is 385 g/mol. The van der Waals surface area contributed by atoms with Crippen LogP contribution in [-0.2, 0) is 0 Å². The lowest BCUT2D eigenvalue weighted by Gasteiger charge is -2.21. The van der Waals surface area contributed by atoms with Crippen molar-refractivity contribution in [2.45, 2.75) is 25.7 Å². The second-order valence-electron chi connectivity index (χ2n) is 4.03. The molecule has 18 heavy (non-hydrogen) atoms. The van der Waals surface area contributed by atoms with E-state index >= 15 is 0 Å². The normalized spacial score (nSPS) is 10.7. The highest BCUT2D eigenvalue weighted by atomic mass is 127. The molecule has 0 aromatic rings. The van der Waals surface area contributed by atoms with Gasteiger partial charge in [0.1, 0.15) is 0 Å². The fourth-order valence-electron chi connectivity index (χ4n) is 1.57. The maximum atomic E-state index is 4.28. The lowest BCUT2D eigenvalue weighted by molar-refractivity contribution is 0.457. The smallest absolute Gasteiger partial charge is 0.193 e. The van der Waals surface area contributed by atoms with Crippen LogP contribution in [0.2, 0.25) is 0 Å². The Morgan fingerprint density at radius 2 is 2.11 bits per heavy atom. The molecule has 0 unspecified atom stereocenters. The molecule has 0 aromatic heterocycles. The Morgan fingerprint density at radius 3 is 2.67 bits per heavy atom. The minimum atomic E-state index is 0. The van der Waals surface area contributed by atoms with Gasteiger partial charge in [0.25, 0.3) is 0 Å². The van der Waals surface area contributed by atoms with Gasteiger partial charge in [0.15, 0.2) is 5.96 Å². The first kappa shape index (κ1) is 20.4. The Kier molecular flexibility index (Phi) is 17.2. The van der Waals surface area contributed by atoms with Crippen molar-refractivity contribution in [2.75, 3.05) is 39.2 Å². The number of guanidine groups is 1. The zero-order chi connectivity index (χ0) is 12.9. The van der Waals surface area contributed by atoms with E-state index in [0.717, 1.165) is 31.2 Å². The van der Waals surface area contributed by atoms with Gasteiger partial charge in [-0.1, -0.05) is 12.5 Å². The van der Waals surface area contributed by atoms with E-state index in [9.17, 15) is 0 Å². The van der Waals surface area contributed by atoms with Crippen molar-refractivity contribution in [3.63, 3.8) is 0 Å². The maximum Gasteiger partial charge on any atom is 0.193 e. The summed E-state index contributed by atoms with van der Waals surface area (Å²) in [7, 11) is 3.94. The first-order valence-electron chi connectivity index (χ1n) is 6.27. The van der Waals surface area contributed by atoms with E-state index in [-0.39, 0.29) is 24.0 Å². The molecule has 108 valence electrons. The molecule has 0 rings (SSSR count). The number of aliphatic imine (C=N–C) groups is 1. The summed E-state index contributed by atoms with van der Waals surface area (Å²) < 4.78 is 0. The van der Waals surface area contributed by atoms with Crippen LogP contribution in [0.1, 0.15) is 25.7 Å². The fraction of sp³-hybridized carbons (Fsp3) is 0.769. The molecule has 0 saturated heterocycles. The van der Waals surface area contributed by atoms with Crippen molar-refractivity contribution in [1.29, 1.82) is 0 Å². The van der Waals surface area contributed by atoms with Crippen LogP contribution < -0.4 is 5.32 Å². The summed E-state index contributed by atoms with van der Waals surface area (Å²) >= 11 is 1.85. The fourth-order valence-corrected chi connectivity index (χ4v) is 1.88. The maximum absolute atomic E-state index is 4.28. The van der Waals surface area contributed by atoms with Crippen LogP contribution >= 0.6 is 35.7 Å². The van der Waals surface area contributed by atoms with Crippen LogP contribution in [0.15, 0.2) is 17.6 Å². The molecule has 0 bridgehead atoms. The molecule has 0 saturated carbocycles. The third-order valence-corrected chi connectivity index (χ3v) is 3.18. The molecule has 0 spiro atoms. The van der Waals surface area contributed by atoms with Gasteiger partial charge in [-0.05, 0) is 25.5 Å². The second kappa shape index (κ2) is 15.1. The molecule has 0 heterocycles. The summed E-state index contributed by atoms with van der Waals surface area (Å²) in [5, 5.41) is 3.36. The van der Waals surface area contributed by atoms with Crippen LogP contribution in [0.4, 0.5) is 0 Å². The highest BCUT2D eigenvalue weighted by molar-refractivity contribution is 14.0. The highest BCUT2D eigenvalue weighted by Gasteiger charge is 2.03. The number of unbranched alkanes of at least 4 members (excludes halogenated alkanes) is 3. The number of halogens is 1. The first-order valence-corrected chi connectivity index (χ1v) is 7.67. The summed E-state index contributed by atoms with van der Waals surface area (Å²) in [6.45, 7) is 5.78. The summed E-state index contributed by atoms with van der Waals surface area (Å²) in [6.07, 6.45) is 8.96. The predicted octanol–water partition coefficient (Wildman–Crippen LogP) is 3.22. The van der Waals surface area contributed by atoms with E-state index in [2.05, 4.69) is 35.1 Å². The number of nitrogens with zero attached hydrogens (tertiary/aromatic N) is 2. The molecule has 0 aromatic carbocycles. The van der Waals surface area contributed by atoms with Gasteiger partial charge in [-0.3, -0.25) is 4.99 Å².